The Bertz CT molecular complexity index is 1060. The maximum Gasteiger partial charge on any atom is 0.161 e. The van der Waals surface area contributed by atoms with Crippen LogP contribution in [0.5, 0.6) is 23.0 Å². The highest BCUT2D eigenvalue weighted by Gasteiger charge is 2.37. The zero-order valence-electron chi connectivity index (χ0n) is 23.0. The largest absolute Gasteiger partial charge is 0.493 e. The average Bonchev–Trinajstić information content (AvgIpc) is 2.90. The van der Waals surface area contributed by atoms with Crippen molar-refractivity contribution in [3.8, 4) is 29.1 Å². The van der Waals surface area contributed by atoms with Crippen LogP contribution in [-0.2, 0) is 18.4 Å². The van der Waals surface area contributed by atoms with Crippen LogP contribution < -0.4 is 18.9 Å². The van der Waals surface area contributed by atoms with Gasteiger partial charge in [-0.3, -0.25) is 4.90 Å². The third-order valence-electron chi connectivity index (χ3n) is 7.75. The van der Waals surface area contributed by atoms with E-state index >= 15 is 0 Å². The van der Waals surface area contributed by atoms with Crippen molar-refractivity contribution in [3.63, 3.8) is 0 Å². The van der Waals surface area contributed by atoms with E-state index in [9.17, 15) is 5.26 Å². The van der Waals surface area contributed by atoms with E-state index in [0.29, 0.717) is 17.5 Å². The van der Waals surface area contributed by atoms with Gasteiger partial charge in [0.25, 0.3) is 0 Å². The Kier molecular flexibility index (Phi) is 9.50. The summed E-state index contributed by atoms with van der Waals surface area (Å²) in [5.74, 6) is 3.08. The van der Waals surface area contributed by atoms with Crippen molar-refractivity contribution in [1.29, 1.82) is 5.26 Å². The molecule has 6 nitrogen and oxygen atoms in total. The van der Waals surface area contributed by atoms with Crippen molar-refractivity contribution in [1.82, 2.24) is 4.90 Å². The van der Waals surface area contributed by atoms with Gasteiger partial charge in [-0.05, 0) is 85.5 Å². The van der Waals surface area contributed by atoms with Crippen molar-refractivity contribution >= 4 is 0 Å². The summed E-state index contributed by atoms with van der Waals surface area (Å²) in [5.41, 5.74) is 3.06. The third kappa shape index (κ3) is 5.57. The summed E-state index contributed by atoms with van der Waals surface area (Å²) in [6.07, 6.45) is 4.89. The molecule has 2 atom stereocenters. The normalized spacial score (nSPS) is 17.1. The molecule has 0 saturated heterocycles. The first-order chi connectivity index (χ1) is 17.4. The monoisotopic (exact) mass is 494 g/mol. The highest BCUT2D eigenvalue weighted by Crippen LogP contribution is 2.42. The molecule has 0 unspecified atom stereocenters. The molecule has 1 aliphatic rings. The van der Waals surface area contributed by atoms with Crippen molar-refractivity contribution in [2.24, 2.45) is 5.92 Å². The van der Waals surface area contributed by atoms with Gasteiger partial charge in [-0.1, -0.05) is 26.8 Å². The highest BCUT2D eigenvalue weighted by atomic mass is 16.5. The Hall–Kier alpha value is -2.91. The van der Waals surface area contributed by atoms with Crippen molar-refractivity contribution in [3.05, 3.63) is 47.0 Å². The van der Waals surface area contributed by atoms with E-state index in [-0.39, 0.29) is 5.92 Å². The lowest BCUT2D eigenvalue weighted by Gasteiger charge is -2.38. The predicted molar refractivity (Wildman–Crippen MR) is 143 cm³/mol. The number of fused-ring (bicyclic) bond motifs is 1. The molecule has 0 saturated carbocycles. The van der Waals surface area contributed by atoms with Gasteiger partial charge in [0.2, 0.25) is 0 Å². The number of ether oxygens (including phenoxy) is 4. The van der Waals surface area contributed by atoms with Crippen LogP contribution in [0.4, 0.5) is 0 Å². The number of rotatable bonds is 12. The number of nitrogens with zero attached hydrogens (tertiary/aromatic N) is 2. The van der Waals surface area contributed by atoms with Gasteiger partial charge in [0.1, 0.15) is 0 Å². The van der Waals surface area contributed by atoms with Crippen molar-refractivity contribution in [2.45, 2.75) is 70.9 Å². The van der Waals surface area contributed by atoms with E-state index in [0.717, 1.165) is 62.3 Å². The van der Waals surface area contributed by atoms with Gasteiger partial charge in [-0.15, -0.1) is 0 Å². The Balaban J connectivity index is 1.82. The van der Waals surface area contributed by atoms with E-state index in [1.54, 1.807) is 28.4 Å². The van der Waals surface area contributed by atoms with Crippen LogP contribution in [0.15, 0.2) is 30.3 Å². The van der Waals surface area contributed by atoms with Crippen molar-refractivity contribution < 1.29 is 18.9 Å². The van der Waals surface area contributed by atoms with E-state index in [1.807, 2.05) is 18.2 Å². The highest BCUT2D eigenvalue weighted by molar-refractivity contribution is 5.49. The topological polar surface area (TPSA) is 64.0 Å². The minimum Gasteiger partial charge on any atom is -0.493 e. The lowest BCUT2D eigenvalue weighted by Crippen LogP contribution is -2.41. The van der Waals surface area contributed by atoms with Gasteiger partial charge in [0, 0.05) is 12.6 Å². The minimum absolute atomic E-state index is 0.163. The van der Waals surface area contributed by atoms with Crippen LogP contribution in [0.25, 0.3) is 0 Å². The van der Waals surface area contributed by atoms with Gasteiger partial charge in [0.15, 0.2) is 23.0 Å². The number of methoxy groups -OCH3 is 4. The minimum atomic E-state index is -0.585. The maximum atomic E-state index is 10.4. The van der Waals surface area contributed by atoms with Gasteiger partial charge < -0.3 is 18.9 Å². The molecule has 1 heterocycles. The summed E-state index contributed by atoms with van der Waals surface area (Å²) in [6.45, 7) is 8.48. The number of hydrogen-bond acceptors (Lipinski definition) is 6. The molecule has 0 bridgehead atoms. The predicted octanol–water partition coefficient (Wildman–Crippen LogP) is 6.15. The molecule has 3 rings (SSSR count). The molecule has 0 fully saturated rings. The van der Waals surface area contributed by atoms with Crippen LogP contribution in [0.3, 0.4) is 0 Å². The van der Waals surface area contributed by atoms with Crippen LogP contribution >= 0.6 is 0 Å². The van der Waals surface area contributed by atoms with Gasteiger partial charge in [-0.25, -0.2) is 0 Å². The summed E-state index contributed by atoms with van der Waals surface area (Å²) in [4.78, 5) is 2.59. The van der Waals surface area contributed by atoms with E-state index in [2.05, 4.69) is 43.9 Å². The molecule has 1 aliphatic heterocycles. The molecule has 196 valence electrons. The Morgan fingerprint density at radius 2 is 1.56 bits per heavy atom. The fourth-order valence-electron chi connectivity index (χ4n) is 5.61. The summed E-state index contributed by atoms with van der Waals surface area (Å²) in [5, 5.41) is 10.4. The second kappa shape index (κ2) is 12.4. The fourth-order valence-corrected chi connectivity index (χ4v) is 5.61. The number of hydrogen-bond donors (Lipinski definition) is 0. The first-order valence-electron chi connectivity index (χ1n) is 13.0. The van der Waals surface area contributed by atoms with Crippen LogP contribution in [-0.4, -0.2) is 45.9 Å². The molecule has 6 heteroatoms. The first kappa shape index (κ1) is 27.7. The zero-order chi connectivity index (χ0) is 26.3. The van der Waals surface area contributed by atoms with Gasteiger partial charge in [-0.2, -0.15) is 5.26 Å². The van der Waals surface area contributed by atoms with E-state index in [4.69, 9.17) is 18.9 Å². The van der Waals surface area contributed by atoms with E-state index < -0.39 is 5.41 Å². The van der Waals surface area contributed by atoms with E-state index in [1.165, 1.54) is 11.1 Å². The number of nitriles is 1. The van der Waals surface area contributed by atoms with Crippen LogP contribution in [0.2, 0.25) is 0 Å². The lowest BCUT2D eigenvalue weighted by atomic mass is 9.69. The molecule has 0 aromatic heterocycles. The molecular weight excluding hydrogens is 452 g/mol. The third-order valence-corrected chi connectivity index (χ3v) is 7.75. The smallest absolute Gasteiger partial charge is 0.161 e. The summed E-state index contributed by atoms with van der Waals surface area (Å²) < 4.78 is 22.1. The molecule has 2 aromatic rings. The van der Waals surface area contributed by atoms with Crippen LogP contribution in [0, 0.1) is 17.2 Å². The molecular formula is C30H42N2O4. The second-order valence-corrected chi connectivity index (χ2v) is 10.0. The Morgan fingerprint density at radius 3 is 2.11 bits per heavy atom. The van der Waals surface area contributed by atoms with Gasteiger partial charge in [0.05, 0.1) is 39.9 Å². The summed E-state index contributed by atoms with van der Waals surface area (Å²) in [6, 6.07) is 13.3. The maximum absolute atomic E-state index is 10.4. The number of benzene rings is 2. The lowest BCUT2D eigenvalue weighted by molar-refractivity contribution is 0.156. The van der Waals surface area contributed by atoms with Gasteiger partial charge >= 0.3 is 0 Å². The molecule has 0 aliphatic carbocycles. The zero-order valence-corrected chi connectivity index (χ0v) is 23.0. The molecule has 2 aromatic carbocycles. The second-order valence-electron chi connectivity index (χ2n) is 10.0. The standard InChI is InChI=1S/C30H42N2O4/c1-8-14-32-19-23-17-28(35-6)27(34-5)16-22(23)15-25(32)10-9-13-30(20-31,21(2)3)24-11-12-26(33-4)29(18-24)36-7/h11-12,16-18,21,25H,8-10,13-15,19H2,1-7H3/t25-,30+/m1/s1. The Morgan fingerprint density at radius 1 is 0.944 bits per heavy atom. The molecule has 36 heavy (non-hydrogen) atoms. The van der Waals surface area contributed by atoms with Crippen LogP contribution in [0.1, 0.15) is 63.1 Å². The SMILES string of the molecule is CCCN1Cc2cc(OC)c(OC)cc2C[C@H]1CCC[C@@](C#N)(c1ccc(OC)c(OC)c1)C(C)C. The quantitative estimate of drug-likeness (QED) is 0.353. The summed E-state index contributed by atoms with van der Waals surface area (Å²) >= 11 is 0. The molecule has 0 radical (unpaired) electrons. The first-order valence-corrected chi connectivity index (χ1v) is 13.0. The molecule has 0 amide bonds. The van der Waals surface area contributed by atoms with Crippen molar-refractivity contribution in [2.75, 3.05) is 35.0 Å². The fraction of sp³-hybridized carbons (Fsp3) is 0.567. The average molecular weight is 495 g/mol. The Labute approximate surface area is 217 Å². The molecule has 0 spiro atoms. The summed E-state index contributed by atoms with van der Waals surface area (Å²) in [7, 11) is 6.65. The molecule has 0 N–H and O–H groups in total.